The molecule has 1 amide bonds. The van der Waals surface area contributed by atoms with Gasteiger partial charge in [0, 0.05) is 18.6 Å². The zero-order chi connectivity index (χ0) is 15.1. The third kappa shape index (κ3) is 5.95. The number of rotatable bonds is 7. The number of hydrogen-bond acceptors (Lipinski definition) is 3. The van der Waals surface area contributed by atoms with Crippen LogP contribution in [0.25, 0.3) is 0 Å². The van der Waals surface area contributed by atoms with E-state index in [1.807, 2.05) is 0 Å². The van der Waals surface area contributed by atoms with Crippen molar-refractivity contribution >= 4 is 5.91 Å². The predicted octanol–water partition coefficient (Wildman–Crippen LogP) is 2.15. The molecule has 1 unspecified atom stereocenters. The van der Waals surface area contributed by atoms with Crippen molar-refractivity contribution in [2.24, 2.45) is 5.92 Å². The van der Waals surface area contributed by atoms with Crippen LogP contribution in [0.4, 0.5) is 0 Å². The van der Waals surface area contributed by atoms with Crippen LogP contribution in [-0.2, 0) is 4.79 Å². The minimum absolute atomic E-state index is 0.223. The van der Waals surface area contributed by atoms with Crippen LogP contribution in [0, 0.1) is 5.92 Å². The summed E-state index contributed by atoms with van der Waals surface area (Å²) in [5, 5.41) is 6.78. The van der Waals surface area contributed by atoms with Gasteiger partial charge in [-0.2, -0.15) is 0 Å². The Bertz CT molecular complexity index is 307. The van der Waals surface area contributed by atoms with Gasteiger partial charge in [0.05, 0.1) is 6.54 Å². The fourth-order valence-electron chi connectivity index (χ4n) is 3.66. The number of amides is 1. The molecular weight excluding hydrogens is 262 g/mol. The van der Waals surface area contributed by atoms with Gasteiger partial charge in [0.15, 0.2) is 0 Å². The Hall–Kier alpha value is -0.610. The Morgan fingerprint density at radius 1 is 1.24 bits per heavy atom. The first-order valence-corrected chi connectivity index (χ1v) is 8.92. The first-order chi connectivity index (χ1) is 10.2. The van der Waals surface area contributed by atoms with Gasteiger partial charge in [0.25, 0.3) is 0 Å². The molecule has 0 aromatic heterocycles. The second-order valence-corrected chi connectivity index (χ2v) is 7.05. The maximum Gasteiger partial charge on any atom is 0.234 e. The zero-order valence-corrected chi connectivity index (χ0v) is 13.9. The van der Waals surface area contributed by atoms with E-state index in [1.165, 1.54) is 25.7 Å². The smallest absolute Gasteiger partial charge is 0.234 e. The minimum Gasteiger partial charge on any atom is -0.352 e. The lowest BCUT2D eigenvalue weighted by Crippen LogP contribution is -2.46. The number of carbonyl (C=O) groups excluding carboxylic acids is 1. The van der Waals surface area contributed by atoms with E-state index in [2.05, 4.69) is 29.4 Å². The van der Waals surface area contributed by atoms with Crippen molar-refractivity contribution in [3.05, 3.63) is 0 Å². The van der Waals surface area contributed by atoms with Gasteiger partial charge in [-0.25, -0.2) is 0 Å². The summed E-state index contributed by atoms with van der Waals surface area (Å²) in [4.78, 5) is 14.6. The van der Waals surface area contributed by atoms with Crippen LogP contribution >= 0.6 is 0 Å². The molecule has 0 radical (unpaired) electrons. The van der Waals surface area contributed by atoms with Crippen LogP contribution in [0.5, 0.6) is 0 Å². The maximum absolute atomic E-state index is 12.3. The Labute approximate surface area is 130 Å². The van der Waals surface area contributed by atoms with Gasteiger partial charge in [-0.15, -0.1) is 0 Å². The highest BCUT2D eigenvalue weighted by Crippen LogP contribution is 2.23. The second-order valence-electron chi connectivity index (χ2n) is 7.05. The minimum atomic E-state index is 0.223. The summed E-state index contributed by atoms with van der Waals surface area (Å²) in [5.74, 6) is 1.06. The van der Waals surface area contributed by atoms with E-state index in [9.17, 15) is 4.79 Å². The van der Waals surface area contributed by atoms with Crippen LogP contribution in [0.1, 0.15) is 58.8 Å². The summed E-state index contributed by atoms with van der Waals surface area (Å²) >= 11 is 0. The predicted molar refractivity (Wildman–Crippen MR) is 87.3 cm³/mol. The highest BCUT2D eigenvalue weighted by molar-refractivity contribution is 5.78. The Morgan fingerprint density at radius 2 is 2.00 bits per heavy atom. The molecule has 21 heavy (non-hydrogen) atoms. The lowest BCUT2D eigenvalue weighted by Gasteiger charge is -2.29. The molecule has 1 aliphatic carbocycles. The molecule has 1 heterocycles. The molecule has 0 bridgehead atoms. The molecule has 2 N–H and O–H groups in total. The third-order valence-corrected chi connectivity index (χ3v) is 4.93. The molecule has 0 aromatic carbocycles. The van der Waals surface area contributed by atoms with Crippen molar-refractivity contribution in [2.45, 2.75) is 70.9 Å². The zero-order valence-electron chi connectivity index (χ0n) is 13.9. The molecule has 2 rings (SSSR count). The maximum atomic E-state index is 12.3. The summed E-state index contributed by atoms with van der Waals surface area (Å²) in [7, 11) is 0. The molecule has 1 saturated carbocycles. The van der Waals surface area contributed by atoms with Crippen molar-refractivity contribution in [1.82, 2.24) is 15.5 Å². The quantitative estimate of drug-likeness (QED) is 0.756. The van der Waals surface area contributed by atoms with Gasteiger partial charge < -0.3 is 10.6 Å². The van der Waals surface area contributed by atoms with E-state index in [4.69, 9.17) is 0 Å². The van der Waals surface area contributed by atoms with Crippen LogP contribution in [0.3, 0.4) is 0 Å². The number of nitrogens with one attached hydrogen (secondary N) is 2. The first kappa shape index (κ1) is 16.8. The lowest BCUT2D eigenvalue weighted by molar-refractivity contribution is -0.123. The molecule has 2 aliphatic rings. The fourth-order valence-corrected chi connectivity index (χ4v) is 3.66. The highest BCUT2D eigenvalue weighted by Gasteiger charge is 2.22. The van der Waals surface area contributed by atoms with Gasteiger partial charge in [0.1, 0.15) is 0 Å². The van der Waals surface area contributed by atoms with Crippen molar-refractivity contribution in [3.8, 4) is 0 Å². The van der Waals surface area contributed by atoms with Crippen LogP contribution in [0.2, 0.25) is 0 Å². The molecule has 122 valence electrons. The van der Waals surface area contributed by atoms with Crippen molar-refractivity contribution in [1.29, 1.82) is 0 Å². The molecule has 1 saturated heterocycles. The average molecular weight is 295 g/mol. The van der Waals surface area contributed by atoms with Gasteiger partial charge in [0.2, 0.25) is 5.91 Å². The number of hydrogen-bond donors (Lipinski definition) is 2. The Balaban J connectivity index is 1.72. The van der Waals surface area contributed by atoms with Crippen molar-refractivity contribution < 1.29 is 4.79 Å². The largest absolute Gasteiger partial charge is 0.352 e. The van der Waals surface area contributed by atoms with Crippen LogP contribution in [-0.4, -0.2) is 49.1 Å². The van der Waals surface area contributed by atoms with Gasteiger partial charge >= 0.3 is 0 Å². The number of nitrogens with zero attached hydrogens (tertiary/aromatic N) is 1. The van der Waals surface area contributed by atoms with E-state index < -0.39 is 0 Å². The van der Waals surface area contributed by atoms with E-state index >= 15 is 0 Å². The average Bonchev–Trinajstić information content (AvgIpc) is 2.94. The number of carbonyl (C=O) groups is 1. The molecular formula is C17H33N3O. The van der Waals surface area contributed by atoms with Crippen LogP contribution < -0.4 is 10.6 Å². The fraction of sp³-hybridized carbons (Fsp3) is 0.941. The Kier molecular flexibility index (Phi) is 6.97. The van der Waals surface area contributed by atoms with E-state index in [1.54, 1.807) is 0 Å². The van der Waals surface area contributed by atoms with Gasteiger partial charge in [-0.05, 0) is 64.0 Å². The summed E-state index contributed by atoms with van der Waals surface area (Å²) in [6, 6.07) is 1.00. The lowest BCUT2D eigenvalue weighted by atomic mass is 9.87. The second kappa shape index (κ2) is 8.74. The highest BCUT2D eigenvalue weighted by atomic mass is 16.2. The van der Waals surface area contributed by atoms with Crippen molar-refractivity contribution in [3.63, 3.8) is 0 Å². The summed E-state index contributed by atoms with van der Waals surface area (Å²) in [5.41, 5.74) is 0. The first-order valence-electron chi connectivity index (χ1n) is 8.92. The molecule has 0 aromatic rings. The van der Waals surface area contributed by atoms with Crippen LogP contribution in [0.15, 0.2) is 0 Å². The molecule has 4 heteroatoms. The summed E-state index contributed by atoms with van der Waals surface area (Å²) < 4.78 is 0. The van der Waals surface area contributed by atoms with Gasteiger partial charge in [-0.1, -0.05) is 13.8 Å². The molecule has 1 atom stereocenters. The molecule has 0 spiro atoms. The SMILES string of the molecule is CCCN(CC(=O)NC1CCC(C)CC1)CC1CCCN1. The summed E-state index contributed by atoms with van der Waals surface area (Å²) in [6.45, 7) is 8.25. The molecule has 2 fully saturated rings. The molecule has 4 nitrogen and oxygen atoms in total. The molecule has 1 aliphatic heterocycles. The standard InChI is InChI=1S/C17H33N3O/c1-3-11-20(12-16-5-4-10-18-16)13-17(21)19-15-8-6-14(2)7-9-15/h14-16,18H,3-13H2,1-2H3,(H,19,21). The van der Waals surface area contributed by atoms with Crippen molar-refractivity contribution in [2.75, 3.05) is 26.2 Å². The van der Waals surface area contributed by atoms with E-state index in [0.717, 1.165) is 44.8 Å². The summed E-state index contributed by atoms with van der Waals surface area (Å²) in [6.07, 6.45) is 8.47. The monoisotopic (exact) mass is 295 g/mol. The Morgan fingerprint density at radius 3 is 2.62 bits per heavy atom. The van der Waals surface area contributed by atoms with E-state index in [-0.39, 0.29) is 5.91 Å². The topological polar surface area (TPSA) is 44.4 Å². The third-order valence-electron chi connectivity index (χ3n) is 4.93. The van der Waals surface area contributed by atoms with E-state index in [0.29, 0.717) is 18.6 Å². The van der Waals surface area contributed by atoms with Gasteiger partial charge in [-0.3, -0.25) is 9.69 Å². The normalized spacial score (nSPS) is 29.8.